The summed E-state index contributed by atoms with van der Waals surface area (Å²) in [7, 11) is 0. The molecule has 1 fully saturated rings. The summed E-state index contributed by atoms with van der Waals surface area (Å²) in [6.07, 6.45) is 2.17. The number of rotatable bonds is 3. The molecule has 1 aromatic heterocycles. The highest BCUT2D eigenvalue weighted by molar-refractivity contribution is 6.32. The van der Waals surface area contributed by atoms with Crippen LogP contribution in [0.1, 0.15) is 48.7 Å². The number of pyridine rings is 1. The average Bonchev–Trinajstić information content (AvgIpc) is 2.74. The van der Waals surface area contributed by atoms with Crippen molar-refractivity contribution in [2.75, 3.05) is 13.1 Å². The fraction of sp³-hybridized carbons (Fsp3) is 0.385. The molecule has 0 spiro atoms. The lowest BCUT2D eigenvalue weighted by molar-refractivity contribution is 0.0625. The van der Waals surface area contributed by atoms with Crippen LogP contribution in [0.15, 0.2) is 42.5 Å². The van der Waals surface area contributed by atoms with Crippen molar-refractivity contribution in [2.24, 2.45) is 11.8 Å². The fourth-order valence-electron chi connectivity index (χ4n) is 4.64. The third-order valence-corrected chi connectivity index (χ3v) is 6.62. The molecule has 3 aromatic rings. The zero-order chi connectivity index (χ0) is 21.4. The highest BCUT2D eigenvalue weighted by Crippen LogP contribution is 2.32. The number of benzene rings is 2. The molecule has 4 rings (SSSR count). The molecule has 0 unspecified atom stereocenters. The van der Waals surface area contributed by atoms with Gasteiger partial charge in [0.25, 0.3) is 5.91 Å². The Morgan fingerprint density at radius 2 is 1.77 bits per heavy atom. The Labute approximate surface area is 184 Å². The number of amides is 1. The van der Waals surface area contributed by atoms with Gasteiger partial charge in [-0.1, -0.05) is 62.7 Å². The molecule has 1 aliphatic rings. The van der Waals surface area contributed by atoms with E-state index in [1.807, 2.05) is 30.0 Å². The van der Waals surface area contributed by atoms with E-state index in [4.69, 9.17) is 16.6 Å². The number of aryl methyl sites for hydroxylation is 2. The number of nitrogens with zero attached hydrogens (tertiary/aromatic N) is 2. The summed E-state index contributed by atoms with van der Waals surface area (Å²) in [6.45, 7) is 10.2. The van der Waals surface area contributed by atoms with E-state index in [1.165, 1.54) is 12.0 Å². The van der Waals surface area contributed by atoms with E-state index in [2.05, 4.69) is 45.0 Å². The Hall–Kier alpha value is -2.39. The predicted molar refractivity (Wildman–Crippen MR) is 125 cm³/mol. The van der Waals surface area contributed by atoms with E-state index in [1.54, 1.807) is 0 Å². The summed E-state index contributed by atoms with van der Waals surface area (Å²) in [5.41, 5.74) is 5.55. The molecule has 2 aromatic carbocycles. The van der Waals surface area contributed by atoms with Crippen LogP contribution in [0.5, 0.6) is 0 Å². The first-order valence-electron chi connectivity index (χ1n) is 10.9. The Balaban J connectivity index is 1.86. The summed E-state index contributed by atoms with van der Waals surface area (Å²) in [5.74, 6) is 1.13. The molecule has 2 atom stereocenters. The molecule has 0 N–H and O–H groups in total. The average molecular weight is 421 g/mol. The van der Waals surface area contributed by atoms with Gasteiger partial charge >= 0.3 is 0 Å². The van der Waals surface area contributed by atoms with Crippen LogP contribution in [0.2, 0.25) is 5.02 Å². The summed E-state index contributed by atoms with van der Waals surface area (Å²) >= 11 is 6.41. The molecule has 0 aliphatic carbocycles. The summed E-state index contributed by atoms with van der Waals surface area (Å²) < 4.78 is 0. The Morgan fingerprint density at radius 3 is 2.40 bits per heavy atom. The van der Waals surface area contributed by atoms with Gasteiger partial charge in [-0.15, -0.1) is 0 Å². The van der Waals surface area contributed by atoms with Crippen LogP contribution in [0.4, 0.5) is 0 Å². The van der Waals surface area contributed by atoms with Crippen molar-refractivity contribution in [3.05, 3.63) is 64.2 Å². The van der Waals surface area contributed by atoms with Crippen molar-refractivity contribution < 1.29 is 4.79 Å². The molecule has 30 heavy (non-hydrogen) atoms. The van der Waals surface area contributed by atoms with Gasteiger partial charge in [-0.2, -0.15) is 0 Å². The van der Waals surface area contributed by atoms with Crippen LogP contribution in [-0.4, -0.2) is 28.9 Å². The molecule has 2 heterocycles. The lowest BCUT2D eigenvalue weighted by Crippen LogP contribution is -2.42. The number of carbonyl (C=O) groups excluding carboxylic acids is 1. The van der Waals surface area contributed by atoms with Crippen LogP contribution < -0.4 is 0 Å². The molecular formula is C26H29ClN2O. The molecule has 156 valence electrons. The van der Waals surface area contributed by atoms with Crippen molar-refractivity contribution >= 4 is 28.4 Å². The molecule has 1 amide bonds. The van der Waals surface area contributed by atoms with Gasteiger partial charge in [0.2, 0.25) is 0 Å². The number of hydrogen-bond donors (Lipinski definition) is 0. The lowest BCUT2D eigenvalue weighted by atomic mass is 9.91. The van der Waals surface area contributed by atoms with Crippen molar-refractivity contribution in [3.8, 4) is 11.3 Å². The number of likely N-dealkylation sites (tertiary alicyclic amines) is 1. The van der Waals surface area contributed by atoms with Crippen molar-refractivity contribution in [1.29, 1.82) is 0 Å². The van der Waals surface area contributed by atoms with E-state index in [0.717, 1.165) is 52.8 Å². The molecule has 0 saturated carbocycles. The standard InChI is InChI=1S/C26H29ClN2O/c1-5-19-6-8-20(9-7-19)24-13-22(21-10-11-23(27)18(4)25(21)28-24)26(30)29-14-16(2)12-17(3)15-29/h6-11,13,16-17H,5,12,14-15H2,1-4H3/t16-,17-/m0/s1. The first-order valence-corrected chi connectivity index (χ1v) is 11.2. The minimum absolute atomic E-state index is 0.0916. The summed E-state index contributed by atoms with van der Waals surface area (Å²) in [6, 6.07) is 14.2. The van der Waals surface area contributed by atoms with E-state index >= 15 is 0 Å². The number of fused-ring (bicyclic) bond motifs is 1. The van der Waals surface area contributed by atoms with Gasteiger partial charge in [0.05, 0.1) is 16.8 Å². The molecular weight excluding hydrogens is 392 g/mol. The normalized spacial score (nSPS) is 19.3. The van der Waals surface area contributed by atoms with Crippen LogP contribution >= 0.6 is 11.6 Å². The second kappa shape index (κ2) is 8.39. The molecule has 4 heteroatoms. The van der Waals surface area contributed by atoms with Crippen molar-refractivity contribution in [1.82, 2.24) is 9.88 Å². The molecule has 1 saturated heterocycles. The second-order valence-corrected chi connectivity index (χ2v) is 9.24. The number of halogens is 1. The van der Waals surface area contributed by atoms with Crippen LogP contribution in [0, 0.1) is 18.8 Å². The topological polar surface area (TPSA) is 33.2 Å². The Morgan fingerprint density at radius 1 is 1.10 bits per heavy atom. The van der Waals surface area contributed by atoms with Crippen LogP contribution in [0.25, 0.3) is 22.2 Å². The minimum Gasteiger partial charge on any atom is -0.338 e. The molecule has 0 bridgehead atoms. The molecule has 0 radical (unpaired) electrons. The van der Waals surface area contributed by atoms with Crippen molar-refractivity contribution in [2.45, 2.75) is 40.5 Å². The maximum atomic E-state index is 13.7. The highest BCUT2D eigenvalue weighted by atomic mass is 35.5. The quantitative estimate of drug-likeness (QED) is 0.481. The zero-order valence-corrected chi connectivity index (χ0v) is 19.0. The predicted octanol–water partition coefficient (Wildman–Crippen LogP) is 6.54. The zero-order valence-electron chi connectivity index (χ0n) is 18.2. The summed E-state index contributed by atoms with van der Waals surface area (Å²) in [5, 5.41) is 1.55. The minimum atomic E-state index is 0.0916. The third-order valence-electron chi connectivity index (χ3n) is 6.21. The fourth-order valence-corrected chi connectivity index (χ4v) is 4.79. The van der Waals surface area contributed by atoms with Gasteiger partial charge in [-0.3, -0.25) is 4.79 Å². The smallest absolute Gasteiger partial charge is 0.254 e. The summed E-state index contributed by atoms with van der Waals surface area (Å²) in [4.78, 5) is 20.6. The lowest BCUT2D eigenvalue weighted by Gasteiger charge is -2.35. The number of aromatic nitrogens is 1. The van der Waals surface area contributed by atoms with Gasteiger partial charge in [0, 0.05) is 29.1 Å². The maximum absolute atomic E-state index is 13.7. The van der Waals surface area contributed by atoms with Crippen molar-refractivity contribution in [3.63, 3.8) is 0 Å². The van der Waals surface area contributed by atoms with E-state index < -0.39 is 0 Å². The number of hydrogen-bond acceptors (Lipinski definition) is 2. The van der Waals surface area contributed by atoms with Crippen LogP contribution in [0.3, 0.4) is 0 Å². The van der Waals surface area contributed by atoms with E-state index in [-0.39, 0.29) is 5.91 Å². The van der Waals surface area contributed by atoms with E-state index in [0.29, 0.717) is 16.9 Å². The van der Waals surface area contributed by atoms with Crippen LogP contribution in [-0.2, 0) is 6.42 Å². The SMILES string of the molecule is CCc1ccc(-c2cc(C(=O)N3C[C@@H](C)C[C@H](C)C3)c3ccc(Cl)c(C)c3n2)cc1. The van der Waals surface area contributed by atoms with Gasteiger partial charge in [-0.05, 0) is 54.9 Å². The van der Waals surface area contributed by atoms with Gasteiger partial charge < -0.3 is 4.90 Å². The van der Waals surface area contributed by atoms with E-state index in [9.17, 15) is 4.79 Å². The number of piperidine rings is 1. The first-order chi connectivity index (χ1) is 14.4. The van der Waals surface area contributed by atoms with Gasteiger partial charge in [0.15, 0.2) is 0 Å². The van der Waals surface area contributed by atoms with Gasteiger partial charge in [-0.25, -0.2) is 4.98 Å². The Kier molecular flexibility index (Phi) is 5.84. The highest BCUT2D eigenvalue weighted by Gasteiger charge is 2.28. The second-order valence-electron chi connectivity index (χ2n) is 8.83. The first kappa shape index (κ1) is 20.9. The molecule has 3 nitrogen and oxygen atoms in total. The molecule has 1 aliphatic heterocycles. The largest absolute Gasteiger partial charge is 0.338 e. The Bertz CT molecular complexity index is 1080. The number of carbonyl (C=O) groups is 1. The van der Waals surface area contributed by atoms with Gasteiger partial charge in [0.1, 0.15) is 0 Å². The third kappa shape index (κ3) is 3.96. The monoisotopic (exact) mass is 420 g/mol. The maximum Gasteiger partial charge on any atom is 0.254 e.